The first-order valence-corrected chi connectivity index (χ1v) is 7.61. The van der Waals surface area contributed by atoms with E-state index < -0.39 is 0 Å². The number of rotatable bonds is 9. The van der Waals surface area contributed by atoms with Gasteiger partial charge in [-0.15, -0.1) is 0 Å². The summed E-state index contributed by atoms with van der Waals surface area (Å²) in [7, 11) is 1.74. The van der Waals surface area contributed by atoms with Crippen LogP contribution in [0.4, 0.5) is 0 Å². The van der Waals surface area contributed by atoms with E-state index in [9.17, 15) is 0 Å². The molecule has 0 spiro atoms. The maximum Gasteiger partial charge on any atom is 0.122 e. The second kappa shape index (κ2) is 8.45. The van der Waals surface area contributed by atoms with Crippen LogP contribution >= 0.6 is 0 Å². The average molecular weight is 282 g/mol. The van der Waals surface area contributed by atoms with Crippen LogP contribution in [0.2, 0.25) is 0 Å². The molecule has 1 heterocycles. The minimum Gasteiger partial charge on any atom is -0.465 e. The standard InChI is InChI=1S/C16H30N2O2/c1-6-12(3)18(10-11-19-5)16(14(17)7-2)15-9-8-13(4)20-15/h8-9,12,14,16H,6-7,10-11,17H2,1-5H3. The van der Waals surface area contributed by atoms with E-state index in [0.29, 0.717) is 12.6 Å². The third kappa shape index (κ3) is 4.33. The van der Waals surface area contributed by atoms with Crippen LogP contribution < -0.4 is 5.73 Å². The van der Waals surface area contributed by atoms with Gasteiger partial charge in [0.25, 0.3) is 0 Å². The summed E-state index contributed by atoms with van der Waals surface area (Å²) in [4.78, 5) is 2.41. The number of nitrogens with zero attached hydrogens (tertiary/aromatic N) is 1. The molecule has 0 aliphatic carbocycles. The Morgan fingerprint density at radius 2 is 2.00 bits per heavy atom. The van der Waals surface area contributed by atoms with Crippen LogP contribution in [0.1, 0.15) is 51.2 Å². The largest absolute Gasteiger partial charge is 0.465 e. The van der Waals surface area contributed by atoms with Crippen molar-refractivity contribution < 1.29 is 9.15 Å². The SMILES string of the molecule is CCC(N)C(c1ccc(C)o1)N(CCOC)C(C)CC. The molecule has 1 aromatic heterocycles. The predicted octanol–water partition coefficient (Wildman–Crippen LogP) is 3.11. The van der Waals surface area contributed by atoms with Gasteiger partial charge in [-0.25, -0.2) is 0 Å². The number of nitrogens with two attached hydrogens (primary N) is 1. The number of aryl methyl sites for hydroxylation is 1. The molecule has 4 nitrogen and oxygen atoms in total. The van der Waals surface area contributed by atoms with Crippen LogP contribution in [0.3, 0.4) is 0 Å². The molecule has 0 saturated carbocycles. The minimum atomic E-state index is 0.0615. The molecule has 1 rings (SSSR count). The van der Waals surface area contributed by atoms with Crippen molar-refractivity contribution in [3.05, 3.63) is 23.7 Å². The molecule has 0 amide bonds. The highest BCUT2D eigenvalue weighted by molar-refractivity contribution is 5.12. The van der Waals surface area contributed by atoms with Gasteiger partial charge in [-0.3, -0.25) is 4.90 Å². The molecular formula is C16H30N2O2. The molecule has 20 heavy (non-hydrogen) atoms. The summed E-state index contributed by atoms with van der Waals surface area (Å²) in [5, 5.41) is 0. The highest BCUT2D eigenvalue weighted by Gasteiger charge is 2.30. The lowest BCUT2D eigenvalue weighted by molar-refractivity contribution is 0.0653. The van der Waals surface area contributed by atoms with Crippen LogP contribution in [-0.4, -0.2) is 37.2 Å². The highest BCUT2D eigenvalue weighted by atomic mass is 16.5. The van der Waals surface area contributed by atoms with Crippen LogP contribution in [0.25, 0.3) is 0 Å². The summed E-state index contributed by atoms with van der Waals surface area (Å²) >= 11 is 0. The van der Waals surface area contributed by atoms with Gasteiger partial charge in [-0.05, 0) is 38.8 Å². The molecule has 0 aromatic carbocycles. The third-order valence-electron chi connectivity index (χ3n) is 4.00. The van der Waals surface area contributed by atoms with E-state index in [0.717, 1.165) is 30.9 Å². The van der Waals surface area contributed by atoms with Crippen molar-refractivity contribution >= 4 is 0 Å². The van der Waals surface area contributed by atoms with Crippen molar-refractivity contribution in [2.24, 2.45) is 5.73 Å². The van der Waals surface area contributed by atoms with Crippen molar-refractivity contribution in [2.45, 2.75) is 58.7 Å². The van der Waals surface area contributed by atoms with E-state index in [2.05, 4.69) is 31.7 Å². The second-order valence-corrected chi connectivity index (χ2v) is 5.45. The summed E-state index contributed by atoms with van der Waals surface area (Å²) < 4.78 is 11.1. The van der Waals surface area contributed by atoms with E-state index in [1.807, 2.05) is 13.0 Å². The molecule has 116 valence electrons. The summed E-state index contributed by atoms with van der Waals surface area (Å²) in [5.41, 5.74) is 6.38. The monoisotopic (exact) mass is 282 g/mol. The molecule has 0 fully saturated rings. The zero-order valence-corrected chi connectivity index (χ0v) is 13.6. The van der Waals surface area contributed by atoms with Gasteiger partial charge in [0.15, 0.2) is 0 Å². The van der Waals surface area contributed by atoms with Crippen LogP contribution in [-0.2, 0) is 4.74 Å². The average Bonchev–Trinajstić information content (AvgIpc) is 2.87. The van der Waals surface area contributed by atoms with Gasteiger partial charge < -0.3 is 14.9 Å². The topological polar surface area (TPSA) is 51.6 Å². The lowest BCUT2D eigenvalue weighted by Crippen LogP contribution is -2.46. The molecule has 4 heteroatoms. The fourth-order valence-corrected chi connectivity index (χ4v) is 2.52. The van der Waals surface area contributed by atoms with E-state index in [1.165, 1.54) is 0 Å². The zero-order valence-electron chi connectivity index (χ0n) is 13.6. The van der Waals surface area contributed by atoms with Crippen LogP contribution in [0, 0.1) is 6.92 Å². The molecule has 0 aliphatic heterocycles. The van der Waals surface area contributed by atoms with E-state index in [1.54, 1.807) is 7.11 Å². The summed E-state index contributed by atoms with van der Waals surface area (Å²) in [5.74, 6) is 1.90. The fraction of sp³-hybridized carbons (Fsp3) is 0.750. The Balaban J connectivity index is 3.03. The third-order valence-corrected chi connectivity index (χ3v) is 4.00. The maximum absolute atomic E-state index is 6.38. The summed E-state index contributed by atoms with van der Waals surface area (Å²) in [6.45, 7) is 10.1. The van der Waals surface area contributed by atoms with E-state index >= 15 is 0 Å². The van der Waals surface area contributed by atoms with Crippen molar-refractivity contribution in [1.29, 1.82) is 0 Å². The smallest absolute Gasteiger partial charge is 0.122 e. The van der Waals surface area contributed by atoms with E-state index in [4.69, 9.17) is 14.9 Å². The Morgan fingerprint density at radius 1 is 1.30 bits per heavy atom. The molecule has 0 aliphatic rings. The van der Waals surface area contributed by atoms with Gasteiger partial charge >= 0.3 is 0 Å². The Morgan fingerprint density at radius 3 is 2.45 bits per heavy atom. The molecular weight excluding hydrogens is 252 g/mol. The van der Waals surface area contributed by atoms with Crippen LogP contribution in [0.5, 0.6) is 0 Å². The molecule has 3 unspecified atom stereocenters. The van der Waals surface area contributed by atoms with Gasteiger partial charge in [0.1, 0.15) is 11.5 Å². The first-order chi connectivity index (χ1) is 9.54. The second-order valence-electron chi connectivity index (χ2n) is 5.45. The Labute approximate surface area is 123 Å². The van der Waals surface area contributed by atoms with Gasteiger partial charge in [-0.2, -0.15) is 0 Å². The van der Waals surface area contributed by atoms with Gasteiger partial charge in [-0.1, -0.05) is 13.8 Å². The number of methoxy groups -OCH3 is 1. The van der Waals surface area contributed by atoms with Gasteiger partial charge in [0, 0.05) is 25.7 Å². The first-order valence-electron chi connectivity index (χ1n) is 7.61. The minimum absolute atomic E-state index is 0.0615. The molecule has 2 N–H and O–H groups in total. The molecule has 1 aromatic rings. The van der Waals surface area contributed by atoms with Crippen molar-refractivity contribution in [1.82, 2.24) is 4.90 Å². The van der Waals surface area contributed by atoms with Crippen molar-refractivity contribution in [3.8, 4) is 0 Å². The molecule has 0 bridgehead atoms. The van der Waals surface area contributed by atoms with Crippen molar-refractivity contribution in [2.75, 3.05) is 20.3 Å². The van der Waals surface area contributed by atoms with Crippen LogP contribution in [0.15, 0.2) is 16.5 Å². The van der Waals surface area contributed by atoms with Crippen molar-refractivity contribution in [3.63, 3.8) is 0 Å². The molecule has 0 radical (unpaired) electrons. The lowest BCUT2D eigenvalue weighted by Gasteiger charge is -2.37. The fourth-order valence-electron chi connectivity index (χ4n) is 2.52. The molecule has 0 saturated heterocycles. The summed E-state index contributed by atoms with van der Waals surface area (Å²) in [6, 6.07) is 4.68. The predicted molar refractivity (Wildman–Crippen MR) is 82.8 cm³/mol. The quantitative estimate of drug-likeness (QED) is 0.756. The lowest BCUT2D eigenvalue weighted by atomic mass is 9.99. The van der Waals surface area contributed by atoms with Gasteiger partial charge in [0.05, 0.1) is 12.6 Å². The molecule has 3 atom stereocenters. The normalized spacial score (nSPS) is 16.4. The number of ether oxygens (including phenoxy) is 1. The number of hydrogen-bond acceptors (Lipinski definition) is 4. The Bertz CT molecular complexity index is 378. The maximum atomic E-state index is 6.38. The first kappa shape index (κ1) is 17.2. The Hall–Kier alpha value is -0.840. The summed E-state index contributed by atoms with van der Waals surface area (Å²) in [6.07, 6.45) is 2.00. The Kier molecular flexibility index (Phi) is 7.27. The van der Waals surface area contributed by atoms with Gasteiger partial charge in [0.2, 0.25) is 0 Å². The number of hydrogen-bond donors (Lipinski definition) is 1. The van der Waals surface area contributed by atoms with E-state index in [-0.39, 0.29) is 12.1 Å². The highest BCUT2D eigenvalue weighted by Crippen LogP contribution is 2.29. The zero-order chi connectivity index (χ0) is 15.1. The number of furan rings is 1.